The van der Waals surface area contributed by atoms with E-state index in [2.05, 4.69) is 16.0 Å². The van der Waals surface area contributed by atoms with Gasteiger partial charge in [0.1, 0.15) is 0 Å². The second-order valence-electron chi connectivity index (χ2n) is 4.18. The SMILES string of the molecule is CC(C)(C)N=C=NCc1ccccc1. The first-order valence-electron chi connectivity index (χ1n) is 4.75. The van der Waals surface area contributed by atoms with Crippen molar-refractivity contribution in [1.82, 2.24) is 0 Å². The molecule has 0 unspecified atom stereocenters. The van der Waals surface area contributed by atoms with Gasteiger partial charge in [0.05, 0.1) is 18.1 Å². The first-order valence-corrected chi connectivity index (χ1v) is 4.75. The van der Waals surface area contributed by atoms with Gasteiger partial charge in [0.2, 0.25) is 0 Å². The summed E-state index contributed by atoms with van der Waals surface area (Å²) in [5, 5.41) is 0. The van der Waals surface area contributed by atoms with E-state index in [4.69, 9.17) is 0 Å². The van der Waals surface area contributed by atoms with Crippen molar-refractivity contribution in [2.24, 2.45) is 9.98 Å². The Bertz CT molecular complexity index is 327. The molecule has 0 N–H and O–H groups in total. The van der Waals surface area contributed by atoms with Crippen LogP contribution in [0.4, 0.5) is 0 Å². The molecule has 0 spiro atoms. The van der Waals surface area contributed by atoms with Crippen LogP contribution in [0.3, 0.4) is 0 Å². The lowest BCUT2D eigenvalue weighted by atomic mass is 10.1. The summed E-state index contributed by atoms with van der Waals surface area (Å²) in [5.41, 5.74) is 1.10. The molecule has 1 rings (SSSR count). The van der Waals surface area contributed by atoms with Crippen molar-refractivity contribution in [1.29, 1.82) is 0 Å². The van der Waals surface area contributed by atoms with E-state index < -0.39 is 0 Å². The van der Waals surface area contributed by atoms with Gasteiger partial charge in [0.15, 0.2) is 0 Å². The molecule has 0 aliphatic carbocycles. The molecule has 0 saturated heterocycles. The fourth-order valence-corrected chi connectivity index (χ4v) is 0.895. The highest BCUT2D eigenvalue weighted by atomic mass is 14.9. The van der Waals surface area contributed by atoms with Gasteiger partial charge in [-0.1, -0.05) is 30.3 Å². The van der Waals surface area contributed by atoms with Gasteiger partial charge in [-0.3, -0.25) is 0 Å². The molecule has 2 nitrogen and oxygen atoms in total. The third-order valence-electron chi connectivity index (χ3n) is 1.56. The second kappa shape index (κ2) is 4.73. The standard InChI is InChI=1S/C12H16N2/c1-12(2,3)14-10-13-9-11-7-5-4-6-8-11/h4-8H,9H2,1-3H3. The molecule has 0 aliphatic rings. The molecule has 0 bridgehead atoms. The monoisotopic (exact) mass is 188 g/mol. The summed E-state index contributed by atoms with van der Waals surface area (Å²) >= 11 is 0. The molecule has 1 aromatic rings. The van der Waals surface area contributed by atoms with Crippen LogP contribution in [0.5, 0.6) is 0 Å². The van der Waals surface area contributed by atoms with Crippen LogP contribution in [-0.2, 0) is 6.54 Å². The largest absolute Gasteiger partial charge is 0.221 e. The lowest BCUT2D eigenvalue weighted by Gasteiger charge is -2.06. The van der Waals surface area contributed by atoms with E-state index in [1.54, 1.807) is 0 Å². The van der Waals surface area contributed by atoms with Crippen molar-refractivity contribution in [3.05, 3.63) is 35.9 Å². The molecule has 0 aliphatic heterocycles. The zero-order valence-electron chi connectivity index (χ0n) is 8.99. The first-order chi connectivity index (χ1) is 6.58. The summed E-state index contributed by atoms with van der Waals surface area (Å²) in [6.07, 6.45) is 0. The van der Waals surface area contributed by atoms with E-state index in [0.29, 0.717) is 6.54 Å². The zero-order chi connectivity index (χ0) is 10.4. The number of benzene rings is 1. The van der Waals surface area contributed by atoms with E-state index in [1.807, 2.05) is 51.1 Å². The van der Waals surface area contributed by atoms with Crippen molar-refractivity contribution in [3.8, 4) is 0 Å². The molecule has 0 atom stereocenters. The molecule has 14 heavy (non-hydrogen) atoms. The van der Waals surface area contributed by atoms with Crippen molar-refractivity contribution in [2.75, 3.05) is 0 Å². The van der Waals surface area contributed by atoms with Gasteiger partial charge >= 0.3 is 0 Å². The maximum atomic E-state index is 4.15. The van der Waals surface area contributed by atoms with Crippen molar-refractivity contribution in [2.45, 2.75) is 32.9 Å². The Morgan fingerprint density at radius 3 is 2.36 bits per heavy atom. The van der Waals surface area contributed by atoms with Gasteiger partial charge in [-0.15, -0.1) is 0 Å². The molecule has 2 heteroatoms. The third kappa shape index (κ3) is 4.58. The number of hydrogen-bond acceptors (Lipinski definition) is 2. The van der Waals surface area contributed by atoms with Crippen molar-refractivity contribution < 1.29 is 0 Å². The summed E-state index contributed by atoms with van der Waals surface area (Å²) in [7, 11) is 0. The smallest absolute Gasteiger partial charge is 0.0901 e. The minimum atomic E-state index is -0.0831. The van der Waals surface area contributed by atoms with Crippen LogP contribution < -0.4 is 0 Å². The summed E-state index contributed by atoms with van der Waals surface area (Å²) < 4.78 is 0. The van der Waals surface area contributed by atoms with Gasteiger partial charge in [-0.2, -0.15) is 0 Å². The molecule has 1 aromatic carbocycles. The first kappa shape index (κ1) is 10.7. The highest BCUT2D eigenvalue weighted by Crippen LogP contribution is 2.04. The van der Waals surface area contributed by atoms with E-state index in [0.717, 1.165) is 0 Å². The van der Waals surface area contributed by atoms with Gasteiger partial charge in [0, 0.05) is 0 Å². The average Bonchev–Trinajstić information content (AvgIpc) is 2.13. The van der Waals surface area contributed by atoms with E-state index in [1.165, 1.54) is 5.56 Å². The van der Waals surface area contributed by atoms with Crippen LogP contribution in [0, 0.1) is 0 Å². The molecule has 0 aromatic heterocycles. The number of aliphatic imine (C=N–C) groups is 2. The second-order valence-corrected chi connectivity index (χ2v) is 4.18. The summed E-state index contributed by atoms with van der Waals surface area (Å²) in [6.45, 7) is 6.73. The molecule has 74 valence electrons. The normalized spacial score (nSPS) is 10.5. The van der Waals surface area contributed by atoms with Crippen LogP contribution in [-0.4, -0.2) is 11.5 Å². The molecule has 0 saturated carbocycles. The highest BCUT2D eigenvalue weighted by molar-refractivity contribution is 5.42. The minimum absolute atomic E-state index is 0.0831. The van der Waals surface area contributed by atoms with Crippen LogP contribution in [0.25, 0.3) is 0 Å². The van der Waals surface area contributed by atoms with Crippen LogP contribution >= 0.6 is 0 Å². The predicted octanol–water partition coefficient (Wildman–Crippen LogP) is 3.16. The maximum absolute atomic E-state index is 4.15. The fraction of sp³-hybridized carbons (Fsp3) is 0.417. The quantitative estimate of drug-likeness (QED) is 0.637. The number of rotatable bonds is 2. The van der Waals surface area contributed by atoms with E-state index >= 15 is 0 Å². The molecule has 0 fully saturated rings. The van der Waals surface area contributed by atoms with E-state index in [-0.39, 0.29) is 5.54 Å². The Kier molecular flexibility index (Phi) is 3.61. The van der Waals surface area contributed by atoms with Crippen LogP contribution in [0.1, 0.15) is 26.3 Å². The van der Waals surface area contributed by atoms with Crippen LogP contribution in [0.15, 0.2) is 40.3 Å². The van der Waals surface area contributed by atoms with Crippen molar-refractivity contribution >= 4 is 6.01 Å². The minimum Gasteiger partial charge on any atom is -0.221 e. The summed E-state index contributed by atoms with van der Waals surface area (Å²) in [6, 6.07) is 12.8. The van der Waals surface area contributed by atoms with Gasteiger partial charge in [0.25, 0.3) is 0 Å². The van der Waals surface area contributed by atoms with Crippen molar-refractivity contribution in [3.63, 3.8) is 0 Å². The predicted molar refractivity (Wildman–Crippen MR) is 59.8 cm³/mol. The highest BCUT2D eigenvalue weighted by Gasteiger charge is 2.03. The van der Waals surface area contributed by atoms with E-state index in [9.17, 15) is 0 Å². The average molecular weight is 188 g/mol. The molecular formula is C12H16N2. The van der Waals surface area contributed by atoms with Gasteiger partial charge < -0.3 is 0 Å². The molecule has 0 amide bonds. The molecule has 0 heterocycles. The Labute approximate surface area is 85.4 Å². The Morgan fingerprint density at radius 1 is 1.14 bits per heavy atom. The lowest BCUT2D eigenvalue weighted by Crippen LogP contribution is -2.08. The number of nitrogens with zero attached hydrogens (tertiary/aromatic N) is 2. The van der Waals surface area contributed by atoms with Crippen LogP contribution in [0.2, 0.25) is 0 Å². The maximum Gasteiger partial charge on any atom is 0.0901 e. The Balaban J connectivity index is 2.53. The zero-order valence-corrected chi connectivity index (χ0v) is 8.99. The molecule has 0 radical (unpaired) electrons. The molecular weight excluding hydrogens is 172 g/mol. The van der Waals surface area contributed by atoms with Gasteiger partial charge in [-0.05, 0) is 26.3 Å². The summed E-state index contributed by atoms with van der Waals surface area (Å²) in [4.78, 5) is 8.27. The summed E-state index contributed by atoms with van der Waals surface area (Å²) in [5.74, 6) is 0. The fourth-order valence-electron chi connectivity index (χ4n) is 0.895. The lowest BCUT2D eigenvalue weighted by molar-refractivity contribution is 0.586. The number of hydrogen-bond donors (Lipinski definition) is 0. The Morgan fingerprint density at radius 2 is 1.79 bits per heavy atom. The van der Waals surface area contributed by atoms with Gasteiger partial charge in [-0.25, -0.2) is 9.98 Å². The topological polar surface area (TPSA) is 24.7 Å². The third-order valence-corrected chi connectivity index (χ3v) is 1.56. The Hall–Kier alpha value is -1.40.